The third-order valence-corrected chi connectivity index (χ3v) is 3.07. The van der Waals surface area contributed by atoms with Gasteiger partial charge >= 0.3 is 0 Å². The molecule has 1 aromatic heterocycles. The summed E-state index contributed by atoms with van der Waals surface area (Å²) in [6.07, 6.45) is 1.47. The molecule has 0 fully saturated rings. The number of aromatic nitrogens is 1. The average molecular weight is 333 g/mol. The van der Waals surface area contributed by atoms with Gasteiger partial charge in [0.2, 0.25) is 5.88 Å². The standard InChI is InChI=1S/C12H8BrClFNO2/c13-8-3-9(14)11(4-10(8)15)18-12-2-1-7(6-17)5-16-12/h1-5,17H,6H2. The Morgan fingerprint density at radius 3 is 2.78 bits per heavy atom. The number of ether oxygens (including phenoxy) is 1. The van der Waals surface area contributed by atoms with E-state index < -0.39 is 5.82 Å². The number of benzene rings is 1. The maximum atomic E-state index is 13.3. The van der Waals surface area contributed by atoms with Gasteiger partial charge in [0.15, 0.2) is 5.75 Å². The molecule has 2 aromatic rings. The molecule has 3 nitrogen and oxygen atoms in total. The first-order valence-corrected chi connectivity index (χ1v) is 6.15. The Labute approximate surface area is 116 Å². The van der Waals surface area contributed by atoms with Crippen LogP contribution >= 0.6 is 27.5 Å². The largest absolute Gasteiger partial charge is 0.437 e. The molecule has 0 saturated heterocycles. The number of hydrogen-bond donors (Lipinski definition) is 1. The smallest absolute Gasteiger partial charge is 0.219 e. The summed E-state index contributed by atoms with van der Waals surface area (Å²) < 4.78 is 19.0. The predicted octanol–water partition coefficient (Wildman–Crippen LogP) is 3.92. The van der Waals surface area contributed by atoms with Crippen LogP contribution in [0.1, 0.15) is 5.56 Å². The molecule has 0 radical (unpaired) electrons. The molecule has 0 aliphatic heterocycles. The summed E-state index contributed by atoms with van der Waals surface area (Å²) >= 11 is 8.95. The quantitative estimate of drug-likeness (QED) is 0.866. The molecule has 0 aliphatic carbocycles. The molecule has 94 valence electrons. The molecule has 1 N–H and O–H groups in total. The molecule has 0 amide bonds. The van der Waals surface area contributed by atoms with Crippen LogP contribution in [0, 0.1) is 5.82 Å². The molecule has 2 rings (SSSR count). The van der Waals surface area contributed by atoms with Crippen LogP contribution in [0.2, 0.25) is 5.02 Å². The molecule has 1 aromatic carbocycles. The Kier molecular flexibility index (Phi) is 4.16. The molecule has 0 spiro atoms. The molecule has 1 heterocycles. The highest BCUT2D eigenvalue weighted by atomic mass is 79.9. The van der Waals surface area contributed by atoms with E-state index >= 15 is 0 Å². The van der Waals surface area contributed by atoms with Crippen molar-refractivity contribution < 1.29 is 14.2 Å². The van der Waals surface area contributed by atoms with E-state index in [-0.39, 0.29) is 27.7 Å². The zero-order valence-corrected chi connectivity index (χ0v) is 11.4. The highest BCUT2D eigenvalue weighted by Gasteiger charge is 2.09. The second-order valence-corrected chi connectivity index (χ2v) is 4.72. The van der Waals surface area contributed by atoms with Crippen molar-refractivity contribution in [3.05, 3.63) is 51.3 Å². The molecular formula is C12H8BrClFNO2. The molecule has 0 bridgehead atoms. The molecule has 0 saturated carbocycles. The lowest BCUT2D eigenvalue weighted by Gasteiger charge is -2.07. The number of aliphatic hydroxyl groups excluding tert-OH is 1. The van der Waals surface area contributed by atoms with Gasteiger partial charge in [-0.15, -0.1) is 0 Å². The van der Waals surface area contributed by atoms with Crippen molar-refractivity contribution in [3.63, 3.8) is 0 Å². The average Bonchev–Trinajstić information content (AvgIpc) is 2.37. The van der Waals surface area contributed by atoms with Crippen molar-refractivity contribution in [1.82, 2.24) is 4.98 Å². The summed E-state index contributed by atoms with van der Waals surface area (Å²) in [5, 5.41) is 9.15. The van der Waals surface area contributed by atoms with E-state index in [1.54, 1.807) is 12.1 Å². The van der Waals surface area contributed by atoms with Gasteiger partial charge in [0.05, 0.1) is 16.1 Å². The number of nitrogens with zero attached hydrogens (tertiary/aromatic N) is 1. The highest BCUT2D eigenvalue weighted by molar-refractivity contribution is 9.10. The van der Waals surface area contributed by atoms with Crippen molar-refractivity contribution in [2.75, 3.05) is 0 Å². The summed E-state index contributed by atoms with van der Waals surface area (Å²) in [6, 6.07) is 5.82. The van der Waals surface area contributed by atoms with Gasteiger partial charge in [0.25, 0.3) is 0 Å². The molecule has 6 heteroatoms. The van der Waals surface area contributed by atoms with E-state index in [1.165, 1.54) is 18.3 Å². The van der Waals surface area contributed by atoms with Crippen LogP contribution < -0.4 is 4.74 Å². The Hall–Kier alpha value is -1.17. The maximum Gasteiger partial charge on any atom is 0.219 e. The van der Waals surface area contributed by atoms with Crippen molar-refractivity contribution >= 4 is 27.5 Å². The SMILES string of the molecule is OCc1ccc(Oc2cc(F)c(Br)cc2Cl)nc1. The number of rotatable bonds is 3. The zero-order chi connectivity index (χ0) is 13.1. The second kappa shape index (κ2) is 5.65. The summed E-state index contributed by atoms with van der Waals surface area (Å²) in [7, 11) is 0. The first-order chi connectivity index (χ1) is 8.60. The first kappa shape index (κ1) is 13.3. The van der Waals surface area contributed by atoms with Crippen LogP contribution in [-0.4, -0.2) is 10.1 Å². The summed E-state index contributed by atoms with van der Waals surface area (Å²) in [5.74, 6) is -0.0150. The fourth-order valence-corrected chi connectivity index (χ4v) is 1.94. The summed E-state index contributed by atoms with van der Waals surface area (Å²) in [6.45, 7) is -0.0963. The number of halogens is 3. The lowest BCUT2D eigenvalue weighted by Crippen LogP contribution is -1.92. The monoisotopic (exact) mass is 331 g/mol. The van der Waals surface area contributed by atoms with Crippen molar-refractivity contribution in [3.8, 4) is 11.6 Å². The van der Waals surface area contributed by atoms with E-state index in [2.05, 4.69) is 20.9 Å². The van der Waals surface area contributed by atoms with Gasteiger partial charge in [-0.1, -0.05) is 11.6 Å². The number of hydrogen-bond acceptors (Lipinski definition) is 3. The molecule has 0 unspecified atom stereocenters. The van der Waals surface area contributed by atoms with E-state index in [0.717, 1.165) is 0 Å². The Morgan fingerprint density at radius 2 is 2.17 bits per heavy atom. The summed E-state index contributed by atoms with van der Waals surface area (Å²) in [5.41, 5.74) is 0.662. The van der Waals surface area contributed by atoms with Crippen molar-refractivity contribution in [1.29, 1.82) is 0 Å². The highest BCUT2D eigenvalue weighted by Crippen LogP contribution is 2.32. The number of aliphatic hydroxyl groups is 1. The molecule has 0 atom stereocenters. The summed E-state index contributed by atoms with van der Waals surface area (Å²) in [4.78, 5) is 3.96. The van der Waals surface area contributed by atoms with Gasteiger partial charge in [-0.2, -0.15) is 0 Å². The fourth-order valence-electron chi connectivity index (χ4n) is 1.26. The van der Waals surface area contributed by atoms with Gasteiger partial charge in [-0.3, -0.25) is 0 Å². The predicted molar refractivity (Wildman–Crippen MR) is 69.3 cm³/mol. The van der Waals surface area contributed by atoms with Crippen molar-refractivity contribution in [2.45, 2.75) is 6.61 Å². The Balaban J connectivity index is 2.25. The van der Waals surface area contributed by atoms with Gasteiger partial charge in [0.1, 0.15) is 5.82 Å². The van der Waals surface area contributed by atoms with Crippen molar-refractivity contribution in [2.24, 2.45) is 0 Å². The van der Waals surface area contributed by atoms with E-state index in [9.17, 15) is 4.39 Å². The minimum Gasteiger partial charge on any atom is -0.437 e. The van der Waals surface area contributed by atoms with Gasteiger partial charge < -0.3 is 9.84 Å². The molecule has 0 aliphatic rings. The normalized spacial score (nSPS) is 10.4. The third kappa shape index (κ3) is 2.98. The van der Waals surface area contributed by atoms with Crippen LogP contribution in [0.25, 0.3) is 0 Å². The Bertz CT molecular complexity index is 563. The fraction of sp³-hybridized carbons (Fsp3) is 0.0833. The minimum absolute atomic E-state index is 0.0963. The molecular weight excluding hydrogens is 324 g/mol. The first-order valence-electron chi connectivity index (χ1n) is 4.98. The second-order valence-electron chi connectivity index (χ2n) is 3.46. The topological polar surface area (TPSA) is 42.4 Å². The lowest BCUT2D eigenvalue weighted by molar-refractivity contribution is 0.281. The van der Waals surface area contributed by atoms with E-state index in [0.29, 0.717) is 5.56 Å². The maximum absolute atomic E-state index is 13.3. The van der Waals surface area contributed by atoms with Crippen LogP contribution in [0.5, 0.6) is 11.6 Å². The number of pyridine rings is 1. The zero-order valence-electron chi connectivity index (χ0n) is 9.03. The van der Waals surface area contributed by atoms with E-state index in [1.807, 2.05) is 0 Å². The Morgan fingerprint density at radius 1 is 1.39 bits per heavy atom. The van der Waals surface area contributed by atoms with Gasteiger partial charge in [-0.05, 0) is 33.6 Å². The minimum atomic E-state index is -0.471. The lowest BCUT2D eigenvalue weighted by atomic mass is 10.3. The van der Waals surface area contributed by atoms with Gasteiger partial charge in [0, 0.05) is 18.3 Å². The van der Waals surface area contributed by atoms with Crippen LogP contribution in [0.15, 0.2) is 34.9 Å². The van der Waals surface area contributed by atoms with Gasteiger partial charge in [-0.25, -0.2) is 9.37 Å². The third-order valence-electron chi connectivity index (χ3n) is 2.17. The van der Waals surface area contributed by atoms with Crippen LogP contribution in [0.4, 0.5) is 4.39 Å². The van der Waals surface area contributed by atoms with E-state index in [4.69, 9.17) is 21.4 Å². The van der Waals surface area contributed by atoms with Crippen LogP contribution in [0.3, 0.4) is 0 Å². The van der Waals surface area contributed by atoms with Crippen LogP contribution in [-0.2, 0) is 6.61 Å². The molecule has 18 heavy (non-hydrogen) atoms.